The van der Waals surface area contributed by atoms with Gasteiger partial charge >= 0.3 is 0 Å². The molecular weight excluding hydrogens is 402 g/mol. The van der Waals surface area contributed by atoms with Crippen LogP contribution < -0.4 is 0 Å². The van der Waals surface area contributed by atoms with Gasteiger partial charge in [-0.15, -0.1) is 0 Å². The monoisotopic (exact) mass is 435 g/mol. The van der Waals surface area contributed by atoms with Crippen molar-refractivity contribution in [2.24, 2.45) is 24.3 Å². The van der Waals surface area contributed by atoms with Gasteiger partial charge in [0.1, 0.15) is 0 Å². The van der Waals surface area contributed by atoms with E-state index in [9.17, 15) is 4.79 Å². The summed E-state index contributed by atoms with van der Waals surface area (Å²) in [5.74, 6) is 1.27. The van der Waals surface area contributed by atoms with Gasteiger partial charge < -0.3 is 9.64 Å². The van der Waals surface area contributed by atoms with Crippen molar-refractivity contribution < 1.29 is 9.53 Å². The molecule has 32 heavy (non-hydrogen) atoms. The Hall–Kier alpha value is -2.28. The number of amides is 1. The molecule has 7 nitrogen and oxygen atoms in total. The van der Waals surface area contributed by atoms with Crippen LogP contribution in [0.2, 0.25) is 0 Å². The van der Waals surface area contributed by atoms with Crippen molar-refractivity contribution >= 4 is 5.91 Å². The normalized spacial score (nSPS) is 30.2. The van der Waals surface area contributed by atoms with Gasteiger partial charge in [0.25, 0.3) is 0 Å². The van der Waals surface area contributed by atoms with E-state index in [-0.39, 0.29) is 12.0 Å². The minimum absolute atomic E-state index is 0.134. The predicted molar refractivity (Wildman–Crippen MR) is 120 cm³/mol. The maximum absolute atomic E-state index is 13.0. The zero-order valence-electron chi connectivity index (χ0n) is 19.2. The maximum Gasteiger partial charge on any atom is 0.228 e. The van der Waals surface area contributed by atoms with Crippen molar-refractivity contribution in [2.45, 2.75) is 70.5 Å². The lowest BCUT2D eigenvalue weighted by Crippen LogP contribution is -2.44. The average Bonchev–Trinajstić information content (AvgIpc) is 3.16. The highest BCUT2D eigenvalue weighted by Crippen LogP contribution is 2.61. The zero-order valence-corrected chi connectivity index (χ0v) is 19.2. The number of carbonyl (C=O) groups is 1. The molecular formula is C25H33N5O2. The van der Waals surface area contributed by atoms with Gasteiger partial charge in [0.2, 0.25) is 5.91 Å². The van der Waals surface area contributed by atoms with Gasteiger partial charge in [0, 0.05) is 31.9 Å². The molecule has 2 aromatic heterocycles. The van der Waals surface area contributed by atoms with Gasteiger partial charge in [-0.3, -0.25) is 9.48 Å². The Morgan fingerprint density at radius 2 is 2.06 bits per heavy atom. The molecule has 1 aliphatic carbocycles. The SMILES string of the molecule is Cc1nn(C)cc1-c1ccc(CCC2CC23CCN(C(=O)[C@H]2C[C@@H]4CC[C@H]2O4)CC3)nn1. The molecule has 4 fully saturated rings. The van der Waals surface area contributed by atoms with Crippen molar-refractivity contribution in [1.82, 2.24) is 24.9 Å². The number of rotatable bonds is 5. The second-order valence-electron chi connectivity index (χ2n) is 10.6. The summed E-state index contributed by atoms with van der Waals surface area (Å²) in [7, 11) is 1.93. The molecule has 170 valence electrons. The first-order valence-corrected chi connectivity index (χ1v) is 12.3. The van der Waals surface area contributed by atoms with E-state index in [2.05, 4.69) is 32.3 Å². The molecule has 3 aliphatic heterocycles. The van der Waals surface area contributed by atoms with Crippen LogP contribution in [0.4, 0.5) is 0 Å². The largest absolute Gasteiger partial charge is 0.374 e. The summed E-state index contributed by atoms with van der Waals surface area (Å²) >= 11 is 0. The number of nitrogens with zero attached hydrogens (tertiary/aromatic N) is 5. The highest BCUT2D eigenvalue weighted by Gasteiger charge is 2.55. The van der Waals surface area contributed by atoms with Gasteiger partial charge in [-0.2, -0.15) is 15.3 Å². The molecule has 6 rings (SSSR count). The van der Waals surface area contributed by atoms with Crippen LogP contribution in [0.3, 0.4) is 0 Å². The fourth-order valence-electron chi connectivity index (χ4n) is 6.57. The Bertz CT molecular complexity index is 1010. The number of likely N-dealkylation sites (tertiary alicyclic amines) is 1. The van der Waals surface area contributed by atoms with E-state index in [0.717, 1.165) is 80.2 Å². The Morgan fingerprint density at radius 3 is 2.69 bits per heavy atom. The molecule has 1 unspecified atom stereocenters. The third-order valence-corrected chi connectivity index (χ3v) is 8.61. The highest BCUT2D eigenvalue weighted by atomic mass is 16.5. The molecule has 0 aromatic carbocycles. The van der Waals surface area contributed by atoms with Gasteiger partial charge in [0.05, 0.1) is 35.2 Å². The molecule has 1 spiro atoms. The maximum atomic E-state index is 13.0. The van der Waals surface area contributed by atoms with E-state index in [0.29, 0.717) is 17.4 Å². The van der Waals surface area contributed by atoms with Gasteiger partial charge in [-0.1, -0.05) is 0 Å². The molecule has 2 aromatic rings. The molecule has 1 amide bonds. The van der Waals surface area contributed by atoms with E-state index in [1.165, 1.54) is 12.8 Å². The lowest BCUT2D eigenvalue weighted by atomic mass is 9.85. The first-order valence-electron chi connectivity index (χ1n) is 12.3. The van der Waals surface area contributed by atoms with Crippen LogP contribution in [0.15, 0.2) is 18.3 Å². The summed E-state index contributed by atoms with van der Waals surface area (Å²) in [6.07, 6.45) is 11.5. The number of hydrogen-bond donors (Lipinski definition) is 0. The number of hydrogen-bond acceptors (Lipinski definition) is 5. The van der Waals surface area contributed by atoms with Crippen LogP contribution in [0, 0.1) is 24.2 Å². The fraction of sp³-hybridized carbons (Fsp3) is 0.680. The number of fused-ring (bicyclic) bond motifs is 2. The zero-order chi connectivity index (χ0) is 21.9. The van der Waals surface area contributed by atoms with E-state index < -0.39 is 0 Å². The first kappa shape index (κ1) is 20.3. The predicted octanol–water partition coefficient (Wildman–Crippen LogP) is 3.31. The molecule has 2 bridgehead atoms. The van der Waals surface area contributed by atoms with E-state index in [4.69, 9.17) is 4.74 Å². The van der Waals surface area contributed by atoms with Crippen LogP contribution in [-0.2, 0) is 23.0 Å². The lowest BCUT2D eigenvalue weighted by Gasteiger charge is -2.35. The summed E-state index contributed by atoms with van der Waals surface area (Å²) in [6.45, 7) is 3.87. The topological polar surface area (TPSA) is 73.1 Å². The number of carbonyl (C=O) groups excluding carboxylic acids is 1. The summed E-state index contributed by atoms with van der Waals surface area (Å²) in [6, 6.07) is 4.18. The molecule has 0 N–H and O–H groups in total. The molecule has 3 saturated heterocycles. The van der Waals surface area contributed by atoms with Crippen LogP contribution in [0.25, 0.3) is 11.3 Å². The first-order chi connectivity index (χ1) is 15.5. The molecule has 5 heterocycles. The Labute approximate surface area is 189 Å². The van der Waals surface area contributed by atoms with Crippen LogP contribution in [0.5, 0.6) is 0 Å². The lowest BCUT2D eigenvalue weighted by molar-refractivity contribution is -0.138. The third-order valence-electron chi connectivity index (χ3n) is 8.61. The van der Waals surface area contributed by atoms with Crippen molar-refractivity contribution in [3.8, 4) is 11.3 Å². The summed E-state index contributed by atoms with van der Waals surface area (Å²) in [5.41, 5.74) is 4.46. The second-order valence-corrected chi connectivity index (χ2v) is 10.6. The Balaban J connectivity index is 0.993. The molecule has 7 heteroatoms. The number of aryl methyl sites for hydroxylation is 3. The Morgan fingerprint density at radius 1 is 1.22 bits per heavy atom. The molecule has 0 radical (unpaired) electrons. The van der Waals surface area contributed by atoms with Crippen LogP contribution >= 0.6 is 0 Å². The van der Waals surface area contributed by atoms with E-state index in [1.54, 1.807) is 0 Å². The fourth-order valence-corrected chi connectivity index (χ4v) is 6.57. The molecule has 4 atom stereocenters. The standard InChI is InChI=1S/C25H33N5O2/c1-16-21(15-29(2)28-16)22-7-5-18(26-27-22)4-3-17-14-25(17)9-11-30(12-10-25)24(31)20-13-19-6-8-23(20)32-19/h5,7,15,17,19-20,23H,3-4,6,8-14H2,1-2H3/t17?,19-,20-,23+/m0/s1. The Kier molecular flexibility index (Phi) is 4.86. The van der Waals surface area contributed by atoms with E-state index >= 15 is 0 Å². The van der Waals surface area contributed by atoms with Crippen molar-refractivity contribution in [1.29, 1.82) is 0 Å². The second kappa shape index (κ2) is 7.65. The van der Waals surface area contributed by atoms with Crippen molar-refractivity contribution in [2.75, 3.05) is 13.1 Å². The van der Waals surface area contributed by atoms with Crippen molar-refractivity contribution in [3.63, 3.8) is 0 Å². The summed E-state index contributed by atoms with van der Waals surface area (Å²) in [5, 5.41) is 13.3. The van der Waals surface area contributed by atoms with Crippen LogP contribution in [-0.4, -0.2) is 56.1 Å². The smallest absolute Gasteiger partial charge is 0.228 e. The number of ether oxygens (including phenoxy) is 1. The van der Waals surface area contributed by atoms with Crippen LogP contribution in [0.1, 0.15) is 56.3 Å². The summed E-state index contributed by atoms with van der Waals surface area (Å²) < 4.78 is 7.73. The average molecular weight is 436 g/mol. The third kappa shape index (κ3) is 3.54. The van der Waals surface area contributed by atoms with Crippen molar-refractivity contribution in [3.05, 3.63) is 29.7 Å². The summed E-state index contributed by atoms with van der Waals surface area (Å²) in [4.78, 5) is 15.1. The van der Waals surface area contributed by atoms with E-state index in [1.807, 2.05) is 24.9 Å². The van der Waals surface area contributed by atoms with Gasteiger partial charge in [-0.25, -0.2) is 0 Å². The minimum atomic E-state index is 0.134. The van der Waals surface area contributed by atoms with Gasteiger partial charge in [0.15, 0.2) is 0 Å². The number of piperidine rings is 1. The number of aromatic nitrogens is 4. The highest BCUT2D eigenvalue weighted by molar-refractivity contribution is 5.80. The molecule has 4 aliphatic rings. The minimum Gasteiger partial charge on any atom is -0.374 e. The molecule has 1 saturated carbocycles. The van der Waals surface area contributed by atoms with Gasteiger partial charge in [-0.05, 0) is 81.8 Å². The quantitative estimate of drug-likeness (QED) is 0.720.